The minimum absolute atomic E-state index is 0.264. The third-order valence-corrected chi connectivity index (χ3v) is 3.83. The maximum Gasteiger partial charge on any atom is 0.416 e. The standard InChI is InChI=1S/C19H16F3N3O/c1-25(12-17-23-15-7-2-3-8-16(15)24-17)18(26)10-9-13-5-4-6-14(11-13)19(20,21)22/h2-11H,12H2,1H3,(H,23,24)/b10-9+. The highest BCUT2D eigenvalue weighted by Crippen LogP contribution is 2.29. The molecule has 0 aliphatic heterocycles. The van der Waals surface area contributed by atoms with Gasteiger partial charge in [-0.25, -0.2) is 4.98 Å². The van der Waals surface area contributed by atoms with E-state index in [0.29, 0.717) is 11.4 Å². The molecule has 3 aromatic rings. The minimum atomic E-state index is -4.41. The summed E-state index contributed by atoms with van der Waals surface area (Å²) in [5.41, 5.74) is 1.25. The molecule has 0 saturated carbocycles. The average Bonchev–Trinajstić information content (AvgIpc) is 3.01. The van der Waals surface area contributed by atoms with Crippen LogP contribution in [0.4, 0.5) is 13.2 Å². The van der Waals surface area contributed by atoms with Gasteiger partial charge in [-0.2, -0.15) is 13.2 Å². The number of nitrogens with zero attached hydrogens (tertiary/aromatic N) is 2. The lowest BCUT2D eigenvalue weighted by Crippen LogP contribution is -2.24. The number of amides is 1. The normalized spacial score (nSPS) is 12.0. The van der Waals surface area contributed by atoms with E-state index < -0.39 is 11.7 Å². The van der Waals surface area contributed by atoms with Gasteiger partial charge in [-0.15, -0.1) is 0 Å². The van der Waals surface area contributed by atoms with E-state index in [0.717, 1.165) is 23.2 Å². The van der Waals surface area contributed by atoms with Gasteiger partial charge in [-0.3, -0.25) is 4.79 Å². The molecule has 0 aliphatic rings. The number of hydrogen-bond acceptors (Lipinski definition) is 2. The van der Waals surface area contributed by atoms with Gasteiger partial charge >= 0.3 is 6.18 Å². The number of rotatable bonds is 4. The molecule has 0 radical (unpaired) electrons. The molecule has 2 aromatic carbocycles. The predicted octanol–water partition coefficient (Wildman–Crippen LogP) is 4.25. The number of alkyl halides is 3. The van der Waals surface area contributed by atoms with Gasteiger partial charge in [0, 0.05) is 13.1 Å². The molecule has 1 N–H and O–H groups in total. The number of para-hydroxylation sites is 2. The van der Waals surface area contributed by atoms with Crippen molar-refractivity contribution in [2.45, 2.75) is 12.7 Å². The van der Waals surface area contributed by atoms with E-state index in [2.05, 4.69) is 9.97 Å². The van der Waals surface area contributed by atoms with Crippen LogP contribution in [0.25, 0.3) is 17.1 Å². The summed E-state index contributed by atoms with van der Waals surface area (Å²) in [7, 11) is 1.60. The van der Waals surface area contributed by atoms with Crippen LogP contribution in [0.15, 0.2) is 54.6 Å². The number of imidazole rings is 1. The number of aromatic amines is 1. The summed E-state index contributed by atoms with van der Waals surface area (Å²) >= 11 is 0. The van der Waals surface area contributed by atoms with Gasteiger partial charge in [0.15, 0.2) is 0 Å². The Kier molecular flexibility index (Phi) is 4.79. The van der Waals surface area contributed by atoms with Gasteiger partial charge in [0.05, 0.1) is 23.1 Å². The van der Waals surface area contributed by atoms with E-state index in [1.54, 1.807) is 7.05 Å². The van der Waals surface area contributed by atoms with Crippen molar-refractivity contribution >= 4 is 23.0 Å². The van der Waals surface area contributed by atoms with Crippen molar-refractivity contribution in [3.63, 3.8) is 0 Å². The fraction of sp³-hybridized carbons (Fsp3) is 0.158. The Morgan fingerprint density at radius 1 is 1.19 bits per heavy atom. The lowest BCUT2D eigenvalue weighted by Gasteiger charge is -2.13. The van der Waals surface area contributed by atoms with Crippen LogP contribution in [0.2, 0.25) is 0 Å². The fourth-order valence-corrected chi connectivity index (χ4v) is 2.50. The summed E-state index contributed by atoms with van der Waals surface area (Å²) in [6.45, 7) is 0.264. The Bertz CT molecular complexity index is 927. The maximum absolute atomic E-state index is 12.7. The molecule has 0 spiro atoms. The van der Waals surface area contributed by atoms with Crippen molar-refractivity contribution in [1.29, 1.82) is 0 Å². The maximum atomic E-state index is 12.7. The van der Waals surface area contributed by atoms with E-state index in [1.807, 2.05) is 24.3 Å². The van der Waals surface area contributed by atoms with E-state index in [-0.39, 0.29) is 12.5 Å². The molecule has 0 bridgehead atoms. The summed E-state index contributed by atoms with van der Waals surface area (Å²) in [5, 5.41) is 0. The molecule has 3 rings (SSSR count). The number of hydrogen-bond donors (Lipinski definition) is 1. The van der Waals surface area contributed by atoms with Crippen LogP contribution in [-0.4, -0.2) is 27.8 Å². The summed E-state index contributed by atoms with van der Waals surface area (Å²) in [6.07, 6.45) is -1.79. The van der Waals surface area contributed by atoms with E-state index in [4.69, 9.17) is 0 Å². The number of nitrogens with one attached hydrogen (secondary N) is 1. The summed E-state index contributed by atoms with van der Waals surface area (Å²) in [5.74, 6) is 0.303. The van der Waals surface area contributed by atoms with Crippen LogP contribution in [0.3, 0.4) is 0 Å². The van der Waals surface area contributed by atoms with Crippen molar-refractivity contribution in [3.8, 4) is 0 Å². The highest BCUT2D eigenvalue weighted by Gasteiger charge is 2.30. The zero-order valence-corrected chi connectivity index (χ0v) is 13.9. The Balaban J connectivity index is 1.68. The number of halogens is 3. The molecule has 0 aliphatic carbocycles. The number of benzene rings is 2. The lowest BCUT2D eigenvalue weighted by molar-refractivity contribution is -0.137. The molecule has 4 nitrogen and oxygen atoms in total. The second-order valence-corrected chi connectivity index (χ2v) is 5.85. The van der Waals surface area contributed by atoms with Gasteiger partial charge < -0.3 is 9.88 Å². The molecule has 0 unspecified atom stereocenters. The predicted molar refractivity (Wildman–Crippen MR) is 93.0 cm³/mol. The highest BCUT2D eigenvalue weighted by molar-refractivity contribution is 5.91. The average molecular weight is 359 g/mol. The molecule has 0 atom stereocenters. The van der Waals surface area contributed by atoms with Gasteiger partial charge in [-0.05, 0) is 35.9 Å². The zero-order valence-electron chi connectivity index (χ0n) is 13.9. The fourth-order valence-electron chi connectivity index (χ4n) is 2.50. The Morgan fingerprint density at radius 3 is 2.69 bits per heavy atom. The van der Waals surface area contributed by atoms with Crippen LogP contribution >= 0.6 is 0 Å². The smallest absolute Gasteiger partial charge is 0.340 e. The number of H-pyrrole nitrogens is 1. The number of carbonyl (C=O) groups excluding carboxylic acids is 1. The number of likely N-dealkylation sites (N-methyl/N-ethyl adjacent to an activating group) is 1. The molecule has 134 valence electrons. The molecule has 0 fully saturated rings. The highest BCUT2D eigenvalue weighted by atomic mass is 19.4. The minimum Gasteiger partial charge on any atom is -0.340 e. The molecular formula is C19H16F3N3O. The second-order valence-electron chi connectivity index (χ2n) is 5.85. The Labute approximate surface area is 148 Å². The van der Waals surface area contributed by atoms with Crippen molar-refractivity contribution in [3.05, 3.63) is 71.6 Å². The first-order chi connectivity index (χ1) is 12.3. The molecule has 1 heterocycles. The van der Waals surface area contributed by atoms with Crippen LogP contribution < -0.4 is 0 Å². The lowest BCUT2D eigenvalue weighted by atomic mass is 10.1. The number of carbonyl (C=O) groups is 1. The first-order valence-corrected chi connectivity index (χ1v) is 7.87. The quantitative estimate of drug-likeness (QED) is 0.708. The SMILES string of the molecule is CN(Cc1nc2ccccc2[nH]1)C(=O)/C=C/c1cccc(C(F)(F)F)c1. The van der Waals surface area contributed by atoms with Crippen molar-refractivity contribution in [2.75, 3.05) is 7.05 Å². The van der Waals surface area contributed by atoms with E-state index in [9.17, 15) is 18.0 Å². The third-order valence-electron chi connectivity index (χ3n) is 3.83. The van der Waals surface area contributed by atoms with Crippen LogP contribution in [-0.2, 0) is 17.5 Å². The van der Waals surface area contributed by atoms with Gasteiger partial charge in [-0.1, -0.05) is 24.3 Å². The largest absolute Gasteiger partial charge is 0.416 e. The van der Waals surface area contributed by atoms with E-state index >= 15 is 0 Å². The van der Waals surface area contributed by atoms with Crippen LogP contribution in [0.1, 0.15) is 17.0 Å². The summed E-state index contributed by atoms with van der Waals surface area (Å²) in [4.78, 5) is 21.1. The van der Waals surface area contributed by atoms with Crippen LogP contribution in [0, 0.1) is 0 Å². The molecular weight excluding hydrogens is 343 g/mol. The first-order valence-electron chi connectivity index (χ1n) is 7.87. The second kappa shape index (κ2) is 7.03. The van der Waals surface area contributed by atoms with Crippen molar-refractivity contribution < 1.29 is 18.0 Å². The summed E-state index contributed by atoms with van der Waals surface area (Å²) in [6, 6.07) is 12.3. The van der Waals surface area contributed by atoms with Crippen molar-refractivity contribution in [2.24, 2.45) is 0 Å². The number of aromatic nitrogens is 2. The molecule has 1 aromatic heterocycles. The first kappa shape index (κ1) is 17.7. The molecule has 7 heteroatoms. The summed E-state index contributed by atoms with van der Waals surface area (Å²) < 4.78 is 38.1. The topological polar surface area (TPSA) is 49.0 Å². The monoisotopic (exact) mass is 359 g/mol. The molecule has 0 saturated heterocycles. The van der Waals surface area contributed by atoms with Crippen molar-refractivity contribution in [1.82, 2.24) is 14.9 Å². The molecule has 26 heavy (non-hydrogen) atoms. The molecule has 1 amide bonds. The van der Waals surface area contributed by atoms with Gasteiger partial charge in [0.2, 0.25) is 5.91 Å². The number of fused-ring (bicyclic) bond motifs is 1. The Morgan fingerprint density at radius 2 is 1.96 bits per heavy atom. The van der Waals surface area contributed by atoms with Gasteiger partial charge in [0.1, 0.15) is 5.82 Å². The Hall–Kier alpha value is -3.09. The third kappa shape index (κ3) is 4.11. The van der Waals surface area contributed by atoms with Crippen LogP contribution in [0.5, 0.6) is 0 Å². The zero-order chi connectivity index (χ0) is 18.7. The van der Waals surface area contributed by atoms with Gasteiger partial charge in [0.25, 0.3) is 0 Å². The van der Waals surface area contributed by atoms with E-state index in [1.165, 1.54) is 29.2 Å².